The number of carboxylic acid groups (broad SMARTS) is 1. The summed E-state index contributed by atoms with van der Waals surface area (Å²) in [7, 11) is 0. The lowest BCUT2D eigenvalue weighted by Gasteiger charge is -2.10. The Morgan fingerprint density at radius 1 is 1.24 bits per heavy atom. The van der Waals surface area contributed by atoms with Crippen molar-refractivity contribution in [1.29, 1.82) is 0 Å². The largest absolute Gasteiger partial charge is 0.478 e. The molecule has 1 aromatic heterocycles. The first-order valence-corrected chi connectivity index (χ1v) is 6.78. The molecule has 0 aliphatic rings. The van der Waals surface area contributed by atoms with Gasteiger partial charge in [0.1, 0.15) is 0 Å². The predicted molar refractivity (Wildman–Crippen MR) is 82.7 cm³/mol. The number of aromatic nitrogens is 1. The summed E-state index contributed by atoms with van der Waals surface area (Å²) in [5, 5.41) is 14.2. The number of rotatable bonds is 3. The van der Waals surface area contributed by atoms with E-state index in [4.69, 9.17) is 5.11 Å². The lowest BCUT2D eigenvalue weighted by molar-refractivity contribution is 0.0697. The van der Waals surface area contributed by atoms with Crippen molar-refractivity contribution in [2.45, 2.75) is 6.92 Å². The van der Waals surface area contributed by atoms with E-state index >= 15 is 0 Å². The molecule has 0 unspecified atom stereocenters. The number of carbonyl (C=O) groups excluding carboxylic acids is 1. The van der Waals surface area contributed by atoms with E-state index in [0.717, 1.165) is 0 Å². The monoisotopic (exact) mass is 349 g/mol. The Bertz CT molecular complexity index is 704. The number of aryl methyl sites for hydroxylation is 1. The molecular weight excluding hydrogens is 338 g/mol. The average molecular weight is 350 g/mol. The zero-order valence-electron chi connectivity index (χ0n) is 11.1. The quantitative estimate of drug-likeness (QED) is 0.790. The summed E-state index contributed by atoms with van der Waals surface area (Å²) >= 11 is 3.20. The standard InChI is InChI=1S/C14H12BrN3O3/c1-8-12(3-2-4-16-8)18-14(21)17-11-6-9(13(19)20)5-10(15)7-11/h2-7H,1H3,(H,19,20)(H2,17,18,21). The van der Waals surface area contributed by atoms with E-state index in [-0.39, 0.29) is 5.56 Å². The van der Waals surface area contributed by atoms with Crippen LogP contribution in [0.5, 0.6) is 0 Å². The van der Waals surface area contributed by atoms with Crippen molar-refractivity contribution in [3.05, 3.63) is 52.3 Å². The third-order valence-corrected chi connectivity index (χ3v) is 3.12. The molecule has 0 aliphatic carbocycles. The highest BCUT2D eigenvalue weighted by Gasteiger charge is 2.09. The van der Waals surface area contributed by atoms with Crippen LogP contribution in [0, 0.1) is 6.92 Å². The Hall–Kier alpha value is -2.41. The molecule has 0 spiro atoms. The Morgan fingerprint density at radius 3 is 2.67 bits per heavy atom. The van der Waals surface area contributed by atoms with Gasteiger partial charge >= 0.3 is 12.0 Å². The van der Waals surface area contributed by atoms with E-state index < -0.39 is 12.0 Å². The van der Waals surface area contributed by atoms with Crippen LogP contribution >= 0.6 is 15.9 Å². The molecule has 2 amide bonds. The van der Waals surface area contributed by atoms with Crippen molar-refractivity contribution < 1.29 is 14.7 Å². The fourth-order valence-corrected chi connectivity index (χ4v) is 2.18. The van der Waals surface area contributed by atoms with Crippen LogP contribution in [0.15, 0.2) is 41.0 Å². The molecule has 1 heterocycles. The molecule has 0 radical (unpaired) electrons. The molecule has 2 aromatic rings. The molecular formula is C14H12BrN3O3. The number of urea groups is 1. The van der Waals surface area contributed by atoms with E-state index in [0.29, 0.717) is 21.5 Å². The Labute approximate surface area is 129 Å². The van der Waals surface area contributed by atoms with Crippen molar-refractivity contribution in [2.24, 2.45) is 0 Å². The van der Waals surface area contributed by atoms with Crippen LogP contribution in [-0.2, 0) is 0 Å². The minimum atomic E-state index is -1.07. The number of pyridine rings is 1. The first-order chi connectivity index (χ1) is 9.95. The second-order valence-electron chi connectivity index (χ2n) is 4.25. The van der Waals surface area contributed by atoms with Gasteiger partial charge in [-0.05, 0) is 37.3 Å². The van der Waals surface area contributed by atoms with E-state index in [9.17, 15) is 9.59 Å². The van der Waals surface area contributed by atoms with Crippen molar-refractivity contribution in [1.82, 2.24) is 4.98 Å². The van der Waals surface area contributed by atoms with Crippen LogP contribution in [0.4, 0.5) is 16.2 Å². The van der Waals surface area contributed by atoms with Gasteiger partial charge in [-0.3, -0.25) is 4.98 Å². The number of nitrogens with one attached hydrogen (secondary N) is 2. The van der Waals surface area contributed by atoms with Gasteiger partial charge in [-0.15, -0.1) is 0 Å². The normalized spacial score (nSPS) is 10.0. The maximum Gasteiger partial charge on any atom is 0.335 e. The molecule has 6 nitrogen and oxygen atoms in total. The lowest BCUT2D eigenvalue weighted by atomic mass is 10.2. The summed E-state index contributed by atoms with van der Waals surface area (Å²) < 4.78 is 0.565. The Kier molecular flexibility index (Phi) is 4.54. The number of aromatic carboxylic acids is 1. The first-order valence-electron chi connectivity index (χ1n) is 5.99. The third-order valence-electron chi connectivity index (χ3n) is 2.66. The number of hydrogen-bond donors (Lipinski definition) is 3. The summed E-state index contributed by atoms with van der Waals surface area (Å²) in [6.07, 6.45) is 1.63. The smallest absolute Gasteiger partial charge is 0.335 e. The van der Waals surface area contributed by atoms with Crippen molar-refractivity contribution in [2.75, 3.05) is 10.6 Å². The summed E-state index contributed by atoms with van der Waals surface area (Å²) in [5.41, 5.74) is 1.73. The van der Waals surface area contributed by atoms with Gasteiger partial charge < -0.3 is 15.7 Å². The summed E-state index contributed by atoms with van der Waals surface area (Å²) in [4.78, 5) is 26.9. The van der Waals surface area contributed by atoms with Crippen molar-refractivity contribution >= 4 is 39.3 Å². The maximum absolute atomic E-state index is 11.9. The maximum atomic E-state index is 11.9. The highest BCUT2D eigenvalue weighted by Crippen LogP contribution is 2.20. The van der Waals surface area contributed by atoms with E-state index in [2.05, 4.69) is 31.5 Å². The minimum absolute atomic E-state index is 0.0808. The second-order valence-corrected chi connectivity index (χ2v) is 5.16. The van der Waals surface area contributed by atoms with Crippen LogP contribution in [0.1, 0.15) is 16.1 Å². The molecule has 1 aromatic carbocycles. The van der Waals surface area contributed by atoms with E-state index in [1.807, 2.05) is 0 Å². The minimum Gasteiger partial charge on any atom is -0.478 e. The number of halogens is 1. The van der Waals surface area contributed by atoms with Gasteiger partial charge in [0.25, 0.3) is 0 Å². The van der Waals surface area contributed by atoms with Crippen LogP contribution < -0.4 is 10.6 Å². The van der Waals surface area contributed by atoms with Gasteiger partial charge in [0, 0.05) is 16.4 Å². The van der Waals surface area contributed by atoms with Crippen molar-refractivity contribution in [3.63, 3.8) is 0 Å². The third kappa shape index (κ3) is 4.03. The Balaban J connectivity index is 2.13. The van der Waals surface area contributed by atoms with E-state index in [1.165, 1.54) is 12.1 Å². The molecule has 108 valence electrons. The first kappa shape index (κ1) is 15.0. The molecule has 21 heavy (non-hydrogen) atoms. The number of anilines is 2. The average Bonchev–Trinajstić information content (AvgIpc) is 2.40. The fourth-order valence-electron chi connectivity index (χ4n) is 1.69. The lowest BCUT2D eigenvalue weighted by Crippen LogP contribution is -2.20. The predicted octanol–water partition coefficient (Wildman–Crippen LogP) is 3.49. The van der Waals surface area contributed by atoms with Crippen LogP contribution in [0.2, 0.25) is 0 Å². The zero-order valence-corrected chi connectivity index (χ0v) is 12.6. The van der Waals surface area contributed by atoms with Gasteiger partial charge in [-0.2, -0.15) is 0 Å². The van der Waals surface area contributed by atoms with Crippen LogP contribution in [-0.4, -0.2) is 22.1 Å². The number of amides is 2. The fraction of sp³-hybridized carbons (Fsp3) is 0.0714. The van der Waals surface area contributed by atoms with Crippen LogP contribution in [0.3, 0.4) is 0 Å². The molecule has 3 N–H and O–H groups in total. The number of carbonyl (C=O) groups is 2. The summed E-state index contributed by atoms with van der Waals surface area (Å²) in [5.74, 6) is -1.07. The number of nitrogens with zero attached hydrogens (tertiary/aromatic N) is 1. The van der Waals surface area contributed by atoms with Gasteiger partial charge in [0.2, 0.25) is 0 Å². The summed E-state index contributed by atoms with van der Waals surface area (Å²) in [6.45, 7) is 1.78. The number of hydrogen-bond acceptors (Lipinski definition) is 3. The molecule has 0 fully saturated rings. The molecule has 7 heteroatoms. The van der Waals surface area contributed by atoms with Crippen molar-refractivity contribution in [3.8, 4) is 0 Å². The molecule has 0 saturated carbocycles. The molecule has 0 atom stereocenters. The number of carboxylic acids is 1. The second kappa shape index (κ2) is 6.36. The zero-order chi connectivity index (χ0) is 15.4. The SMILES string of the molecule is Cc1ncccc1NC(=O)Nc1cc(Br)cc(C(=O)O)c1. The van der Waals surface area contributed by atoms with Gasteiger partial charge in [0.05, 0.1) is 16.9 Å². The van der Waals surface area contributed by atoms with E-state index in [1.54, 1.807) is 31.3 Å². The van der Waals surface area contributed by atoms with Crippen LogP contribution in [0.25, 0.3) is 0 Å². The molecule has 0 bridgehead atoms. The Morgan fingerprint density at radius 2 is 2.00 bits per heavy atom. The summed E-state index contributed by atoms with van der Waals surface area (Å²) in [6, 6.07) is 7.41. The van der Waals surface area contributed by atoms with Gasteiger partial charge in [0.15, 0.2) is 0 Å². The highest BCUT2D eigenvalue weighted by molar-refractivity contribution is 9.10. The van der Waals surface area contributed by atoms with Gasteiger partial charge in [-0.25, -0.2) is 9.59 Å². The molecule has 0 saturated heterocycles. The number of benzene rings is 1. The molecule has 2 rings (SSSR count). The highest BCUT2D eigenvalue weighted by atomic mass is 79.9. The van der Waals surface area contributed by atoms with Gasteiger partial charge in [-0.1, -0.05) is 15.9 Å². The topological polar surface area (TPSA) is 91.3 Å². The molecule has 0 aliphatic heterocycles.